The quantitative estimate of drug-likeness (QED) is 0.615. The molecule has 0 heterocycles. The predicted molar refractivity (Wildman–Crippen MR) is 54.6 cm³/mol. The van der Waals surface area contributed by atoms with E-state index in [0.717, 1.165) is 19.3 Å². The highest BCUT2D eigenvalue weighted by Crippen LogP contribution is 2.02. The second-order valence-electron chi connectivity index (χ2n) is 3.40. The van der Waals surface area contributed by atoms with Gasteiger partial charge in [-0.1, -0.05) is 19.8 Å². The van der Waals surface area contributed by atoms with Gasteiger partial charge in [-0.25, -0.2) is 0 Å². The van der Waals surface area contributed by atoms with Crippen LogP contribution in [0.15, 0.2) is 0 Å². The molecule has 0 aliphatic heterocycles. The van der Waals surface area contributed by atoms with Crippen LogP contribution in [0.4, 0.5) is 0 Å². The van der Waals surface area contributed by atoms with E-state index < -0.39 is 0 Å². The Hall–Kier alpha value is -0.120. The van der Waals surface area contributed by atoms with Gasteiger partial charge in [-0.15, -0.1) is 0 Å². The summed E-state index contributed by atoms with van der Waals surface area (Å²) in [6.07, 6.45) is 3.08. The molecule has 0 rings (SSSR count). The standard InChI is InChI=1S/C7H16O2.C3H8O/c1-2-3-4-7(9)5-6-8;1-3(2)4/h7-9H,2-6H2,1H3;3-4H,1-2H3. The van der Waals surface area contributed by atoms with Gasteiger partial charge in [0.05, 0.1) is 6.10 Å². The molecule has 0 saturated carbocycles. The molecule has 0 bridgehead atoms. The Labute approximate surface area is 81.4 Å². The Morgan fingerprint density at radius 2 is 1.54 bits per heavy atom. The van der Waals surface area contributed by atoms with E-state index >= 15 is 0 Å². The average Bonchev–Trinajstić information content (AvgIpc) is 2.00. The Balaban J connectivity index is 0. The summed E-state index contributed by atoms with van der Waals surface area (Å²) < 4.78 is 0. The van der Waals surface area contributed by atoms with Crippen LogP contribution in [0, 0.1) is 0 Å². The molecule has 3 nitrogen and oxygen atoms in total. The van der Waals surface area contributed by atoms with Gasteiger partial charge in [-0.2, -0.15) is 0 Å². The van der Waals surface area contributed by atoms with Gasteiger partial charge in [-0.3, -0.25) is 0 Å². The van der Waals surface area contributed by atoms with E-state index in [0.29, 0.717) is 6.42 Å². The Kier molecular flexibility index (Phi) is 14.0. The van der Waals surface area contributed by atoms with Crippen LogP contribution in [-0.4, -0.2) is 34.1 Å². The molecule has 1 unspecified atom stereocenters. The lowest BCUT2D eigenvalue weighted by molar-refractivity contribution is 0.123. The van der Waals surface area contributed by atoms with Crippen LogP contribution in [0.3, 0.4) is 0 Å². The molecule has 0 aromatic carbocycles. The summed E-state index contributed by atoms with van der Waals surface area (Å²) in [5.74, 6) is 0. The van der Waals surface area contributed by atoms with Crippen molar-refractivity contribution in [1.29, 1.82) is 0 Å². The lowest BCUT2D eigenvalue weighted by Gasteiger charge is -2.05. The van der Waals surface area contributed by atoms with Gasteiger partial charge < -0.3 is 15.3 Å². The number of aliphatic hydroxyl groups excluding tert-OH is 3. The van der Waals surface area contributed by atoms with Crippen molar-refractivity contribution in [3.8, 4) is 0 Å². The summed E-state index contributed by atoms with van der Waals surface area (Å²) in [7, 11) is 0. The van der Waals surface area contributed by atoms with Gasteiger partial charge in [0.25, 0.3) is 0 Å². The molecular formula is C10H24O3. The molecule has 0 aliphatic carbocycles. The molecule has 3 N–H and O–H groups in total. The fraction of sp³-hybridized carbons (Fsp3) is 1.00. The van der Waals surface area contributed by atoms with E-state index in [1.54, 1.807) is 13.8 Å². The predicted octanol–water partition coefficient (Wildman–Crippen LogP) is 1.31. The molecule has 0 aliphatic rings. The lowest BCUT2D eigenvalue weighted by atomic mass is 10.1. The topological polar surface area (TPSA) is 60.7 Å². The number of hydrogen-bond donors (Lipinski definition) is 3. The van der Waals surface area contributed by atoms with Crippen molar-refractivity contribution >= 4 is 0 Å². The van der Waals surface area contributed by atoms with Gasteiger partial charge in [0.15, 0.2) is 0 Å². The van der Waals surface area contributed by atoms with Crippen molar-refractivity contribution in [3.63, 3.8) is 0 Å². The van der Waals surface area contributed by atoms with Crippen molar-refractivity contribution in [3.05, 3.63) is 0 Å². The molecule has 13 heavy (non-hydrogen) atoms. The Morgan fingerprint density at radius 3 is 1.85 bits per heavy atom. The van der Waals surface area contributed by atoms with E-state index in [9.17, 15) is 0 Å². The summed E-state index contributed by atoms with van der Waals surface area (Å²) >= 11 is 0. The van der Waals surface area contributed by atoms with Crippen molar-refractivity contribution < 1.29 is 15.3 Å². The van der Waals surface area contributed by atoms with E-state index in [1.165, 1.54) is 0 Å². The first-order valence-corrected chi connectivity index (χ1v) is 5.01. The fourth-order valence-corrected chi connectivity index (χ4v) is 0.733. The smallest absolute Gasteiger partial charge is 0.0562 e. The molecule has 0 radical (unpaired) electrons. The van der Waals surface area contributed by atoms with E-state index in [-0.39, 0.29) is 18.8 Å². The first-order valence-electron chi connectivity index (χ1n) is 5.01. The third-order valence-electron chi connectivity index (χ3n) is 1.35. The molecule has 0 amide bonds. The highest BCUT2D eigenvalue weighted by Gasteiger charge is 1.99. The fourth-order valence-electron chi connectivity index (χ4n) is 0.733. The summed E-state index contributed by atoms with van der Waals surface area (Å²) in [6.45, 7) is 5.64. The van der Waals surface area contributed by atoms with Crippen LogP contribution in [0.2, 0.25) is 0 Å². The number of aliphatic hydroxyl groups is 3. The number of hydrogen-bond acceptors (Lipinski definition) is 3. The minimum atomic E-state index is -0.282. The summed E-state index contributed by atoms with van der Waals surface area (Å²) in [6, 6.07) is 0. The van der Waals surface area contributed by atoms with Crippen LogP contribution < -0.4 is 0 Å². The molecule has 0 aromatic heterocycles. The van der Waals surface area contributed by atoms with E-state index in [1.807, 2.05) is 0 Å². The molecule has 0 saturated heterocycles. The van der Waals surface area contributed by atoms with Crippen molar-refractivity contribution in [2.75, 3.05) is 6.61 Å². The van der Waals surface area contributed by atoms with Gasteiger partial charge >= 0.3 is 0 Å². The number of rotatable bonds is 5. The maximum Gasteiger partial charge on any atom is 0.0562 e. The molecule has 0 aromatic rings. The Morgan fingerprint density at radius 1 is 1.08 bits per heavy atom. The SMILES string of the molecule is CC(C)O.CCCCC(O)CCO. The van der Waals surface area contributed by atoms with Crippen molar-refractivity contribution in [2.45, 2.75) is 58.7 Å². The van der Waals surface area contributed by atoms with Gasteiger partial charge in [0.2, 0.25) is 0 Å². The summed E-state index contributed by atoms with van der Waals surface area (Å²) in [5.41, 5.74) is 0. The van der Waals surface area contributed by atoms with E-state index in [4.69, 9.17) is 15.3 Å². The monoisotopic (exact) mass is 192 g/mol. The normalized spacial score (nSPS) is 12.2. The highest BCUT2D eigenvalue weighted by atomic mass is 16.3. The van der Waals surface area contributed by atoms with Gasteiger partial charge in [0, 0.05) is 12.7 Å². The molecule has 1 atom stereocenters. The average molecular weight is 192 g/mol. The minimum Gasteiger partial charge on any atom is -0.396 e. The first kappa shape index (κ1) is 15.4. The zero-order valence-corrected chi connectivity index (χ0v) is 9.03. The maximum atomic E-state index is 9.02. The maximum absolute atomic E-state index is 9.02. The molecule has 0 spiro atoms. The Bertz CT molecular complexity index is 81.5. The van der Waals surface area contributed by atoms with Gasteiger partial charge in [-0.05, 0) is 26.7 Å². The van der Waals surface area contributed by atoms with Gasteiger partial charge in [0.1, 0.15) is 0 Å². The van der Waals surface area contributed by atoms with Crippen LogP contribution in [-0.2, 0) is 0 Å². The zero-order valence-electron chi connectivity index (χ0n) is 9.03. The highest BCUT2D eigenvalue weighted by molar-refractivity contribution is 4.53. The summed E-state index contributed by atoms with van der Waals surface area (Å²) in [4.78, 5) is 0. The van der Waals surface area contributed by atoms with Crippen LogP contribution in [0.25, 0.3) is 0 Å². The van der Waals surface area contributed by atoms with Crippen molar-refractivity contribution in [1.82, 2.24) is 0 Å². The second kappa shape index (κ2) is 11.9. The lowest BCUT2D eigenvalue weighted by Crippen LogP contribution is -2.07. The minimum absolute atomic E-state index is 0.102. The van der Waals surface area contributed by atoms with Crippen LogP contribution in [0.5, 0.6) is 0 Å². The summed E-state index contributed by atoms with van der Waals surface area (Å²) in [5, 5.41) is 25.5. The third-order valence-corrected chi connectivity index (χ3v) is 1.35. The largest absolute Gasteiger partial charge is 0.396 e. The molecule has 82 valence electrons. The molecular weight excluding hydrogens is 168 g/mol. The third kappa shape index (κ3) is 24.5. The van der Waals surface area contributed by atoms with Crippen LogP contribution in [0.1, 0.15) is 46.5 Å². The number of unbranched alkanes of at least 4 members (excludes halogenated alkanes) is 1. The first-order chi connectivity index (χ1) is 6.04. The molecule has 0 fully saturated rings. The van der Waals surface area contributed by atoms with E-state index in [2.05, 4.69) is 6.92 Å². The molecule has 3 heteroatoms. The second-order valence-corrected chi connectivity index (χ2v) is 3.40. The van der Waals surface area contributed by atoms with Crippen LogP contribution >= 0.6 is 0 Å². The zero-order chi connectivity index (χ0) is 10.7. The van der Waals surface area contributed by atoms with Crippen molar-refractivity contribution in [2.24, 2.45) is 0 Å².